The van der Waals surface area contributed by atoms with Gasteiger partial charge in [0.15, 0.2) is 0 Å². The quantitative estimate of drug-likeness (QED) is 0.735. The van der Waals surface area contributed by atoms with Crippen molar-refractivity contribution in [2.75, 3.05) is 13.1 Å². The maximum atomic E-state index is 3.47. The van der Waals surface area contributed by atoms with E-state index in [9.17, 15) is 0 Å². The van der Waals surface area contributed by atoms with Gasteiger partial charge in [-0.05, 0) is 30.4 Å². The van der Waals surface area contributed by atoms with Crippen molar-refractivity contribution in [3.8, 4) is 0 Å². The SMILES string of the molecule is CCNCC(CCC(C)C)c1ccccc1. The van der Waals surface area contributed by atoms with E-state index in [0.29, 0.717) is 5.92 Å². The van der Waals surface area contributed by atoms with Gasteiger partial charge in [0.2, 0.25) is 0 Å². The van der Waals surface area contributed by atoms with E-state index in [1.807, 2.05) is 0 Å². The Balaban J connectivity index is 2.56. The van der Waals surface area contributed by atoms with Gasteiger partial charge in [-0.25, -0.2) is 0 Å². The highest BCUT2D eigenvalue weighted by molar-refractivity contribution is 5.19. The smallest absolute Gasteiger partial charge is 0.00200 e. The van der Waals surface area contributed by atoms with E-state index < -0.39 is 0 Å². The summed E-state index contributed by atoms with van der Waals surface area (Å²) in [5.41, 5.74) is 1.48. The van der Waals surface area contributed by atoms with Crippen LogP contribution in [0.15, 0.2) is 30.3 Å². The van der Waals surface area contributed by atoms with E-state index >= 15 is 0 Å². The first-order valence-corrected chi connectivity index (χ1v) is 6.49. The van der Waals surface area contributed by atoms with Crippen molar-refractivity contribution in [1.29, 1.82) is 0 Å². The van der Waals surface area contributed by atoms with Crippen molar-refractivity contribution in [3.05, 3.63) is 35.9 Å². The Kier molecular flexibility index (Phi) is 6.17. The summed E-state index contributed by atoms with van der Waals surface area (Å²) < 4.78 is 0. The molecule has 0 aliphatic heterocycles. The van der Waals surface area contributed by atoms with Crippen LogP contribution < -0.4 is 5.32 Å². The van der Waals surface area contributed by atoms with E-state index in [1.165, 1.54) is 18.4 Å². The molecular weight excluding hydrogens is 194 g/mol. The zero-order chi connectivity index (χ0) is 11.8. The lowest BCUT2D eigenvalue weighted by Gasteiger charge is -2.18. The zero-order valence-corrected chi connectivity index (χ0v) is 10.9. The lowest BCUT2D eigenvalue weighted by atomic mass is 9.91. The van der Waals surface area contributed by atoms with E-state index in [2.05, 4.69) is 56.4 Å². The van der Waals surface area contributed by atoms with Crippen LogP contribution >= 0.6 is 0 Å². The Morgan fingerprint density at radius 3 is 2.31 bits per heavy atom. The second-order valence-electron chi connectivity index (χ2n) is 4.89. The van der Waals surface area contributed by atoms with Gasteiger partial charge in [-0.2, -0.15) is 0 Å². The van der Waals surface area contributed by atoms with E-state index in [1.54, 1.807) is 0 Å². The number of nitrogens with one attached hydrogen (secondary N) is 1. The normalized spacial score (nSPS) is 13.0. The van der Waals surface area contributed by atoms with Crippen molar-refractivity contribution in [2.24, 2.45) is 5.92 Å². The van der Waals surface area contributed by atoms with Crippen LogP contribution in [-0.2, 0) is 0 Å². The Morgan fingerprint density at radius 2 is 1.75 bits per heavy atom. The minimum atomic E-state index is 0.670. The highest BCUT2D eigenvalue weighted by Gasteiger charge is 2.11. The van der Waals surface area contributed by atoms with Gasteiger partial charge in [0.1, 0.15) is 0 Å². The summed E-state index contributed by atoms with van der Waals surface area (Å²) in [6.07, 6.45) is 2.60. The number of benzene rings is 1. The first kappa shape index (κ1) is 13.2. The molecule has 0 fully saturated rings. The molecule has 0 aliphatic rings. The van der Waals surface area contributed by atoms with Crippen LogP contribution in [0.5, 0.6) is 0 Å². The standard InChI is InChI=1S/C15H25N/c1-4-16-12-15(11-10-13(2)3)14-8-6-5-7-9-14/h5-9,13,15-16H,4,10-12H2,1-3H3. The van der Waals surface area contributed by atoms with Crippen LogP contribution in [0, 0.1) is 5.92 Å². The molecule has 90 valence electrons. The molecule has 1 atom stereocenters. The highest BCUT2D eigenvalue weighted by atomic mass is 14.8. The molecule has 1 aromatic rings. The highest BCUT2D eigenvalue weighted by Crippen LogP contribution is 2.22. The molecule has 0 amide bonds. The van der Waals surface area contributed by atoms with Crippen LogP contribution in [-0.4, -0.2) is 13.1 Å². The van der Waals surface area contributed by atoms with Gasteiger partial charge in [-0.3, -0.25) is 0 Å². The molecule has 0 aliphatic carbocycles. The largest absolute Gasteiger partial charge is 0.316 e. The fraction of sp³-hybridized carbons (Fsp3) is 0.600. The molecule has 1 N–H and O–H groups in total. The van der Waals surface area contributed by atoms with Crippen molar-refractivity contribution in [2.45, 2.75) is 39.5 Å². The molecule has 1 unspecified atom stereocenters. The monoisotopic (exact) mass is 219 g/mol. The third-order valence-corrected chi connectivity index (χ3v) is 3.00. The van der Waals surface area contributed by atoms with Crippen LogP contribution in [0.2, 0.25) is 0 Å². The van der Waals surface area contributed by atoms with Crippen molar-refractivity contribution in [1.82, 2.24) is 5.32 Å². The van der Waals surface area contributed by atoms with E-state index in [4.69, 9.17) is 0 Å². The fourth-order valence-corrected chi connectivity index (χ4v) is 1.96. The Labute approximate surface area is 100 Å². The van der Waals surface area contributed by atoms with Crippen LogP contribution in [0.1, 0.15) is 45.1 Å². The lowest BCUT2D eigenvalue weighted by Crippen LogP contribution is -2.21. The Morgan fingerprint density at radius 1 is 1.06 bits per heavy atom. The summed E-state index contributed by atoms with van der Waals surface area (Å²) in [5.74, 6) is 1.47. The molecule has 1 heteroatoms. The van der Waals surface area contributed by atoms with Gasteiger partial charge in [-0.15, -0.1) is 0 Å². The van der Waals surface area contributed by atoms with Crippen LogP contribution in [0.25, 0.3) is 0 Å². The molecular formula is C15H25N. The molecule has 0 heterocycles. The molecule has 0 saturated carbocycles. The Hall–Kier alpha value is -0.820. The van der Waals surface area contributed by atoms with Gasteiger partial charge in [0, 0.05) is 6.54 Å². The lowest BCUT2D eigenvalue weighted by molar-refractivity contribution is 0.480. The number of hydrogen-bond acceptors (Lipinski definition) is 1. The number of likely N-dealkylation sites (N-methyl/N-ethyl adjacent to an activating group) is 1. The Bertz CT molecular complexity index is 266. The molecule has 1 aromatic carbocycles. The zero-order valence-electron chi connectivity index (χ0n) is 10.9. The van der Waals surface area contributed by atoms with Crippen LogP contribution in [0.3, 0.4) is 0 Å². The molecule has 0 radical (unpaired) electrons. The minimum absolute atomic E-state index is 0.670. The molecule has 0 bridgehead atoms. The summed E-state index contributed by atoms with van der Waals surface area (Å²) in [5, 5.41) is 3.47. The molecule has 16 heavy (non-hydrogen) atoms. The van der Waals surface area contributed by atoms with Crippen molar-refractivity contribution in [3.63, 3.8) is 0 Å². The third-order valence-electron chi connectivity index (χ3n) is 3.00. The van der Waals surface area contributed by atoms with Gasteiger partial charge in [0.25, 0.3) is 0 Å². The second-order valence-corrected chi connectivity index (χ2v) is 4.89. The van der Waals surface area contributed by atoms with Crippen molar-refractivity contribution < 1.29 is 0 Å². The minimum Gasteiger partial charge on any atom is -0.316 e. The molecule has 0 aromatic heterocycles. The number of hydrogen-bond donors (Lipinski definition) is 1. The predicted molar refractivity (Wildman–Crippen MR) is 71.8 cm³/mol. The van der Waals surface area contributed by atoms with E-state index in [0.717, 1.165) is 19.0 Å². The summed E-state index contributed by atoms with van der Waals surface area (Å²) in [6, 6.07) is 10.9. The predicted octanol–water partition coefficient (Wildman–Crippen LogP) is 3.82. The molecule has 1 nitrogen and oxygen atoms in total. The van der Waals surface area contributed by atoms with Crippen molar-refractivity contribution >= 4 is 0 Å². The van der Waals surface area contributed by atoms with Crippen LogP contribution in [0.4, 0.5) is 0 Å². The summed E-state index contributed by atoms with van der Waals surface area (Å²) in [6.45, 7) is 8.94. The summed E-state index contributed by atoms with van der Waals surface area (Å²) in [7, 11) is 0. The van der Waals surface area contributed by atoms with Gasteiger partial charge in [0.05, 0.1) is 0 Å². The maximum absolute atomic E-state index is 3.47. The molecule has 1 rings (SSSR count). The first-order valence-electron chi connectivity index (χ1n) is 6.49. The summed E-state index contributed by atoms with van der Waals surface area (Å²) >= 11 is 0. The molecule has 0 spiro atoms. The average molecular weight is 219 g/mol. The molecule has 0 saturated heterocycles. The topological polar surface area (TPSA) is 12.0 Å². The third kappa shape index (κ3) is 4.80. The average Bonchev–Trinajstić information content (AvgIpc) is 2.30. The summed E-state index contributed by atoms with van der Waals surface area (Å²) in [4.78, 5) is 0. The van der Waals surface area contributed by atoms with Gasteiger partial charge >= 0.3 is 0 Å². The first-order chi connectivity index (χ1) is 7.74. The maximum Gasteiger partial charge on any atom is 0.00200 e. The van der Waals surface area contributed by atoms with Gasteiger partial charge in [-0.1, -0.05) is 57.5 Å². The fourth-order valence-electron chi connectivity index (χ4n) is 1.96. The number of rotatable bonds is 7. The van der Waals surface area contributed by atoms with Gasteiger partial charge < -0.3 is 5.32 Å². The van der Waals surface area contributed by atoms with E-state index in [-0.39, 0.29) is 0 Å². The second kappa shape index (κ2) is 7.45.